The van der Waals surface area contributed by atoms with Crippen LogP contribution in [0.1, 0.15) is 69.8 Å². The predicted octanol–water partition coefficient (Wildman–Crippen LogP) is 5.74. The van der Waals surface area contributed by atoms with E-state index in [0.717, 1.165) is 23.1 Å². The Balaban J connectivity index is 1.74. The number of fused-ring (bicyclic) bond motifs is 1. The third-order valence-electron chi connectivity index (χ3n) is 6.58. The number of ether oxygens (including phenoxy) is 1. The zero-order chi connectivity index (χ0) is 26.2. The predicted molar refractivity (Wildman–Crippen MR) is 138 cm³/mol. The van der Waals surface area contributed by atoms with E-state index in [1.165, 1.54) is 12.1 Å². The number of carbonyl (C=O) groups is 2. The number of nitrogens with zero attached hydrogens (tertiary/aromatic N) is 4. The molecule has 1 fully saturated rings. The number of amides is 2. The van der Waals surface area contributed by atoms with Gasteiger partial charge in [0.15, 0.2) is 0 Å². The van der Waals surface area contributed by atoms with Gasteiger partial charge in [-0.05, 0) is 77.3 Å². The van der Waals surface area contributed by atoms with Gasteiger partial charge in [-0.15, -0.1) is 0 Å². The van der Waals surface area contributed by atoms with Gasteiger partial charge in [-0.3, -0.25) is 4.79 Å². The van der Waals surface area contributed by atoms with Crippen LogP contribution in [0.25, 0.3) is 16.6 Å². The lowest BCUT2D eigenvalue weighted by molar-refractivity contribution is 0.0292. The Morgan fingerprint density at radius 1 is 1.22 bits per heavy atom. The fourth-order valence-corrected chi connectivity index (χ4v) is 4.84. The van der Waals surface area contributed by atoms with Crippen LogP contribution in [0, 0.1) is 5.82 Å². The summed E-state index contributed by atoms with van der Waals surface area (Å²) in [5.41, 5.74) is 3.10. The molecule has 2 aromatic heterocycles. The van der Waals surface area contributed by atoms with Crippen molar-refractivity contribution in [3.63, 3.8) is 0 Å². The second-order valence-corrected chi connectivity index (χ2v) is 10.7. The summed E-state index contributed by atoms with van der Waals surface area (Å²) < 4.78 is 21.9. The van der Waals surface area contributed by atoms with Crippen LogP contribution in [-0.4, -0.2) is 62.5 Å². The first-order valence-corrected chi connectivity index (χ1v) is 12.5. The molecule has 1 atom stereocenters. The Morgan fingerprint density at radius 3 is 2.64 bits per heavy atom. The van der Waals surface area contributed by atoms with E-state index in [1.807, 2.05) is 52.1 Å². The van der Waals surface area contributed by atoms with E-state index in [0.29, 0.717) is 30.8 Å². The highest BCUT2D eigenvalue weighted by Gasteiger charge is 2.31. The maximum atomic E-state index is 14.4. The van der Waals surface area contributed by atoms with Gasteiger partial charge in [0, 0.05) is 43.4 Å². The van der Waals surface area contributed by atoms with Gasteiger partial charge in [-0.2, -0.15) is 0 Å². The van der Waals surface area contributed by atoms with Crippen molar-refractivity contribution < 1.29 is 18.7 Å². The van der Waals surface area contributed by atoms with Crippen LogP contribution in [0.5, 0.6) is 0 Å². The van der Waals surface area contributed by atoms with Gasteiger partial charge in [-0.25, -0.2) is 14.2 Å². The van der Waals surface area contributed by atoms with Crippen LogP contribution < -0.4 is 0 Å². The lowest BCUT2D eigenvalue weighted by Gasteiger charge is -2.26. The van der Waals surface area contributed by atoms with Crippen molar-refractivity contribution in [2.24, 2.45) is 0 Å². The molecule has 7 nitrogen and oxygen atoms in total. The number of halogens is 1. The van der Waals surface area contributed by atoms with Crippen molar-refractivity contribution >= 4 is 17.5 Å². The Morgan fingerprint density at radius 2 is 1.97 bits per heavy atom. The number of pyridine rings is 1. The molecule has 1 saturated heterocycles. The average molecular weight is 495 g/mol. The fraction of sp³-hybridized carbons (Fsp3) is 0.464. The summed E-state index contributed by atoms with van der Waals surface area (Å²) in [5.74, 6) is -0.557. The van der Waals surface area contributed by atoms with Crippen LogP contribution in [0.4, 0.5) is 9.18 Å². The van der Waals surface area contributed by atoms with Crippen LogP contribution in [0.15, 0.2) is 43.0 Å². The molecule has 0 saturated carbocycles. The molecule has 0 spiro atoms. The second kappa shape index (κ2) is 9.91. The van der Waals surface area contributed by atoms with E-state index in [1.54, 1.807) is 28.4 Å². The summed E-state index contributed by atoms with van der Waals surface area (Å²) in [6.45, 7) is 13.1. The zero-order valence-electron chi connectivity index (χ0n) is 21.9. The van der Waals surface area contributed by atoms with Crippen molar-refractivity contribution in [1.82, 2.24) is 19.2 Å². The minimum atomic E-state index is -0.550. The summed E-state index contributed by atoms with van der Waals surface area (Å²) in [7, 11) is 0. The van der Waals surface area contributed by atoms with E-state index in [4.69, 9.17) is 4.74 Å². The van der Waals surface area contributed by atoms with E-state index in [-0.39, 0.29) is 24.0 Å². The first kappa shape index (κ1) is 25.7. The molecule has 0 bridgehead atoms. The third-order valence-corrected chi connectivity index (χ3v) is 6.58. The van der Waals surface area contributed by atoms with Gasteiger partial charge in [0.05, 0.1) is 23.6 Å². The normalized spacial score (nSPS) is 16.1. The molecule has 192 valence electrons. The van der Waals surface area contributed by atoms with Crippen LogP contribution in [-0.2, 0) is 4.74 Å². The molecule has 1 aliphatic rings. The molecule has 8 heteroatoms. The van der Waals surface area contributed by atoms with E-state index < -0.39 is 11.4 Å². The minimum Gasteiger partial charge on any atom is -0.444 e. The number of rotatable bonds is 5. The van der Waals surface area contributed by atoms with Gasteiger partial charge in [0.2, 0.25) is 0 Å². The number of hydrogen-bond donors (Lipinski definition) is 0. The van der Waals surface area contributed by atoms with Gasteiger partial charge in [0.25, 0.3) is 5.91 Å². The van der Waals surface area contributed by atoms with Gasteiger partial charge >= 0.3 is 6.09 Å². The Hall–Kier alpha value is -3.42. The van der Waals surface area contributed by atoms with Crippen molar-refractivity contribution in [3.05, 3.63) is 59.9 Å². The summed E-state index contributed by atoms with van der Waals surface area (Å²) >= 11 is 0. The van der Waals surface area contributed by atoms with Crippen LogP contribution in [0.2, 0.25) is 0 Å². The number of aromatic nitrogens is 2. The molecule has 0 aliphatic carbocycles. The zero-order valence-corrected chi connectivity index (χ0v) is 21.9. The molecule has 2 amide bonds. The van der Waals surface area contributed by atoms with E-state index in [2.05, 4.69) is 11.1 Å². The maximum Gasteiger partial charge on any atom is 0.410 e. The summed E-state index contributed by atoms with van der Waals surface area (Å²) in [4.78, 5) is 33.9. The number of likely N-dealkylation sites (tertiary alicyclic amines) is 1. The monoisotopic (exact) mass is 494 g/mol. The summed E-state index contributed by atoms with van der Waals surface area (Å²) in [5, 5.41) is 0. The standard InChI is InChI=1S/C28H35FN4O3/c1-7-33(18(2)3)26(34)24-13-21(29)8-9-22(24)23-12-20(16-32-17-30-14-25(23)32)19-10-11-31(15-19)27(35)36-28(4,5)6/h8-9,12-14,16-19H,7,10-11,15H2,1-6H3/t19-/m0/s1. The van der Waals surface area contributed by atoms with Crippen molar-refractivity contribution in [1.29, 1.82) is 0 Å². The molecule has 3 heterocycles. The van der Waals surface area contributed by atoms with E-state index in [9.17, 15) is 14.0 Å². The smallest absolute Gasteiger partial charge is 0.410 e. The first-order valence-electron chi connectivity index (χ1n) is 12.5. The molecule has 0 radical (unpaired) electrons. The largest absolute Gasteiger partial charge is 0.444 e. The molecule has 4 rings (SSSR count). The van der Waals surface area contributed by atoms with Gasteiger partial charge < -0.3 is 18.9 Å². The van der Waals surface area contributed by atoms with Crippen molar-refractivity contribution in [2.75, 3.05) is 19.6 Å². The number of carbonyl (C=O) groups excluding carboxylic acids is 2. The molecule has 36 heavy (non-hydrogen) atoms. The number of imidazole rings is 1. The molecular formula is C28H35FN4O3. The molecule has 1 aromatic carbocycles. The summed E-state index contributed by atoms with van der Waals surface area (Å²) in [6, 6.07) is 6.41. The Bertz CT molecular complexity index is 1280. The highest BCUT2D eigenvalue weighted by Crippen LogP contribution is 2.35. The lowest BCUT2D eigenvalue weighted by Crippen LogP contribution is -2.37. The molecule has 0 unspecified atom stereocenters. The van der Waals surface area contributed by atoms with Crippen molar-refractivity contribution in [3.8, 4) is 11.1 Å². The van der Waals surface area contributed by atoms with Gasteiger partial charge in [-0.1, -0.05) is 6.07 Å². The maximum absolute atomic E-state index is 14.4. The fourth-order valence-electron chi connectivity index (χ4n) is 4.84. The van der Waals surface area contributed by atoms with Crippen LogP contribution >= 0.6 is 0 Å². The van der Waals surface area contributed by atoms with E-state index >= 15 is 0 Å². The Kier molecular flexibility index (Phi) is 7.07. The summed E-state index contributed by atoms with van der Waals surface area (Å²) in [6.07, 6.45) is 5.98. The molecule has 1 aliphatic heterocycles. The average Bonchev–Trinajstić information content (AvgIpc) is 3.47. The van der Waals surface area contributed by atoms with Crippen LogP contribution in [0.3, 0.4) is 0 Å². The van der Waals surface area contributed by atoms with Crippen molar-refractivity contribution in [2.45, 2.75) is 65.5 Å². The second-order valence-electron chi connectivity index (χ2n) is 10.7. The lowest BCUT2D eigenvalue weighted by atomic mass is 9.93. The SMILES string of the molecule is CCN(C(=O)c1cc(F)ccc1-c1cc([C@H]2CCN(C(=O)OC(C)(C)C)C2)cn2cncc12)C(C)C. The highest BCUT2D eigenvalue weighted by molar-refractivity contribution is 6.03. The third kappa shape index (κ3) is 5.22. The van der Waals surface area contributed by atoms with Gasteiger partial charge in [0.1, 0.15) is 11.4 Å². The number of hydrogen-bond acceptors (Lipinski definition) is 4. The minimum absolute atomic E-state index is 0.0164. The molecular weight excluding hydrogens is 459 g/mol. The molecule has 3 aromatic rings. The highest BCUT2D eigenvalue weighted by atomic mass is 19.1. The molecule has 0 N–H and O–H groups in total. The first-order chi connectivity index (χ1) is 17.0. The number of benzene rings is 1. The Labute approximate surface area is 211 Å². The topological polar surface area (TPSA) is 67.2 Å². The quantitative estimate of drug-likeness (QED) is 0.454.